The Kier molecular flexibility index (Phi) is 4.32. The summed E-state index contributed by atoms with van der Waals surface area (Å²) in [5.41, 5.74) is 3.02. The fourth-order valence-corrected chi connectivity index (χ4v) is 2.15. The highest BCUT2D eigenvalue weighted by molar-refractivity contribution is 5.70. The van der Waals surface area contributed by atoms with Crippen LogP contribution in [0.3, 0.4) is 0 Å². The Morgan fingerprint density at radius 3 is 2.73 bits per heavy atom. The Hall–Kier alpha value is -2.61. The number of hydrogen-bond donors (Lipinski definition) is 0. The standard InChI is InChI=1S/C17H19N3O2/c1-12-7-13(8-18)5-6-15(12)14-9-19-20(10-14)11-16(21)22-17(2,3)4/h5-7,9-10H,11H2,1-4H3. The average Bonchev–Trinajstić information content (AvgIpc) is 2.84. The Morgan fingerprint density at radius 2 is 2.14 bits per heavy atom. The zero-order valence-electron chi connectivity index (χ0n) is 13.3. The van der Waals surface area contributed by atoms with Crippen LogP contribution in [-0.4, -0.2) is 21.4 Å². The summed E-state index contributed by atoms with van der Waals surface area (Å²) in [5, 5.41) is 13.1. The predicted octanol–water partition coefficient (Wildman–Crippen LogP) is 3.07. The summed E-state index contributed by atoms with van der Waals surface area (Å²) in [6, 6.07) is 7.61. The monoisotopic (exact) mass is 297 g/mol. The van der Waals surface area contributed by atoms with E-state index in [-0.39, 0.29) is 12.5 Å². The Labute approximate surface area is 130 Å². The van der Waals surface area contributed by atoms with Crippen LogP contribution in [0.25, 0.3) is 11.1 Å². The van der Waals surface area contributed by atoms with Crippen molar-refractivity contribution in [1.29, 1.82) is 5.26 Å². The van der Waals surface area contributed by atoms with Gasteiger partial charge >= 0.3 is 5.97 Å². The molecule has 114 valence electrons. The molecule has 5 nitrogen and oxygen atoms in total. The van der Waals surface area contributed by atoms with Gasteiger partial charge in [-0.15, -0.1) is 0 Å². The lowest BCUT2D eigenvalue weighted by molar-refractivity contribution is -0.155. The predicted molar refractivity (Wildman–Crippen MR) is 83.0 cm³/mol. The number of esters is 1. The van der Waals surface area contributed by atoms with Crippen LogP contribution < -0.4 is 0 Å². The highest BCUT2D eigenvalue weighted by Gasteiger charge is 2.17. The summed E-state index contributed by atoms with van der Waals surface area (Å²) >= 11 is 0. The molecule has 2 aromatic rings. The number of aryl methyl sites for hydroxylation is 1. The molecule has 0 unspecified atom stereocenters. The minimum atomic E-state index is -0.503. The molecule has 0 spiro atoms. The minimum Gasteiger partial charge on any atom is -0.459 e. The van der Waals surface area contributed by atoms with E-state index in [1.54, 1.807) is 23.1 Å². The number of ether oxygens (including phenoxy) is 1. The van der Waals surface area contributed by atoms with Crippen molar-refractivity contribution < 1.29 is 9.53 Å². The van der Waals surface area contributed by atoms with Crippen LogP contribution >= 0.6 is 0 Å². The first-order valence-electron chi connectivity index (χ1n) is 7.04. The Bertz CT molecular complexity index is 733. The van der Waals surface area contributed by atoms with E-state index in [4.69, 9.17) is 10.00 Å². The van der Waals surface area contributed by atoms with Gasteiger partial charge in [-0.25, -0.2) is 0 Å². The van der Waals surface area contributed by atoms with Crippen LogP contribution in [0.4, 0.5) is 0 Å². The number of carbonyl (C=O) groups is 1. The molecule has 0 saturated carbocycles. The summed E-state index contributed by atoms with van der Waals surface area (Å²) in [7, 11) is 0. The van der Waals surface area contributed by atoms with Crippen LogP contribution in [0, 0.1) is 18.3 Å². The summed E-state index contributed by atoms with van der Waals surface area (Å²) in [6.45, 7) is 7.52. The third kappa shape index (κ3) is 3.95. The molecule has 0 aliphatic carbocycles. The van der Waals surface area contributed by atoms with Crippen molar-refractivity contribution in [1.82, 2.24) is 9.78 Å². The number of nitrogens with zero attached hydrogens (tertiary/aromatic N) is 3. The highest BCUT2D eigenvalue weighted by atomic mass is 16.6. The molecule has 22 heavy (non-hydrogen) atoms. The van der Waals surface area contributed by atoms with Gasteiger partial charge in [-0.1, -0.05) is 6.07 Å². The van der Waals surface area contributed by atoms with E-state index in [1.165, 1.54) is 0 Å². The summed E-state index contributed by atoms with van der Waals surface area (Å²) in [6.07, 6.45) is 3.51. The zero-order valence-corrected chi connectivity index (χ0v) is 13.3. The summed E-state index contributed by atoms with van der Waals surface area (Å²) in [5.74, 6) is -0.321. The molecule has 1 aromatic heterocycles. The molecular formula is C17H19N3O2. The first kappa shape index (κ1) is 15.8. The van der Waals surface area contributed by atoms with E-state index in [0.717, 1.165) is 16.7 Å². The maximum absolute atomic E-state index is 11.8. The normalized spacial score (nSPS) is 11.0. The SMILES string of the molecule is Cc1cc(C#N)ccc1-c1cnn(CC(=O)OC(C)(C)C)c1. The molecule has 5 heteroatoms. The second kappa shape index (κ2) is 6.02. The maximum Gasteiger partial charge on any atom is 0.328 e. The van der Waals surface area contributed by atoms with Crippen LogP contribution in [0.15, 0.2) is 30.6 Å². The topological polar surface area (TPSA) is 67.9 Å². The first-order chi connectivity index (χ1) is 10.3. The van der Waals surface area contributed by atoms with Gasteiger partial charge in [0.05, 0.1) is 17.8 Å². The lowest BCUT2D eigenvalue weighted by atomic mass is 10.0. The quantitative estimate of drug-likeness (QED) is 0.816. The number of carbonyl (C=O) groups excluding carboxylic acids is 1. The summed E-state index contributed by atoms with van der Waals surface area (Å²) in [4.78, 5) is 11.8. The number of hydrogen-bond acceptors (Lipinski definition) is 4. The zero-order chi connectivity index (χ0) is 16.3. The smallest absolute Gasteiger partial charge is 0.328 e. The lowest BCUT2D eigenvalue weighted by Crippen LogP contribution is -2.26. The third-order valence-electron chi connectivity index (χ3n) is 3.01. The van der Waals surface area contributed by atoms with Gasteiger partial charge in [-0.3, -0.25) is 9.48 Å². The second-order valence-corrected chi connectivity index (χ2v) is 6.15. The van der Waals surface area contributed by atoms with Gasteiger partial charge in [0, 0.05) is 11.8 Å². The van der Waals surface area contributed by atoms with E-state index in [2.05, 4.69) is 11.2 Å². The largest absolute Gasteiger partial charge is 0.459 e. The fraction of sp³-hybridized carbons (Fsp3) is 0.353. The van der Waals surface area contributed by atoms with Gasteiger partial charge in [0.15, 0.2) is 0 Å². The van der Waals surface area contributed by atoms with Gasteiger partial charge in [0.25, 0.3) is 0 Å². The fourth-order valence-electron chi connectivity index (χ4n) is 2.15. The van der Waals surface area contributed by atoms with Gasteiger partial charge < -0.3 is 4.74 Å². The number of nitriles is 1. The molecule has 0 radical (unpaired) electrons. The van der Waals surface area contributed by atoms with Crippen LogP contribution in [0.1, 0.15) is 31.9 Å². The molecule has 0 fully saturated rings. The van der Waals surface area contributed by atoms with E-state index in [0.29, 0.717) is 5.56 Å². The van der Waals surface area contributed by atoms with E-state index in [1.807, 2.05) is 39.8 Å². The second-order valence-electron chi connectivity index (χ2n) is 6.15. The van der Waals surface area contributed by atoms with E-state index < -0.39 is 5.60 Å². The molecule has 0 amide bonds. The molecule has 0 aliphatic rings. The van der Waals surface area contributed by atoms with Gasteiger partial charge in [0.1, 0.15) is 12.1 Å². The Morgan fingerprint density at radius 1 is 1.41 bits per heavy atom. The van der Waals surface area contributed by atoms with Crippen LogP contribution in [0.5, 0.6) is 0 Å². The van der Waals surface area contributed by atoms with Gasteiger partial charge in [0.2, 0.25) is 0 Å². The molecule has 0 bridgehead atoms. The van der Waals surface area contributed by atoms with Gasteiger partial charge in [-0.2, -0.15) is 10.4 Å². The molecule has 0 aliphatic heterocycles. The van der Waals surface area contributed by atoms with Crippen molar-refractivity contribution in [3.63, 3.8) is 0 Å². The number of benzene rings is 1. The van der Waals surface area contributed by atoms with Gasteiger partial charge in [-0.05, 0) is 51.0 Å². The van der Waals surface area contributed by atoms with Crippen molar-refractivity contribution in [2.75, 3.05) is 0 Å². The molecule has 1 heterocycles. The Balaban J connectivity index is 2.15. The molecule has 0 N–H and O–H groups in total. The third-order valence-corrected chi connectivity index (χ3v) is 3.01. The number of rotatable bonds is 3. The summed E-state index contributed by atoms with van der Waals surface area (Å²) < 4.78 is 6.83. The van der Waals surface area contributed by atoms with Crippen molar-refractivity contribution in [2.24, 2.45) is 0 Å². The molecule has 1 aromatic carbocycles. The van der Waals surface area contributed by atoms with Crippen molar-refractivity contribution in [2.45, 2.75) is 39.8 Å². The van der Waals surface area contributed by atoms with Crippen LogP contribution in [-0.2, 0) is 16.1 Å². The highest BCUT2D eigenvalue weighted by Crippen LogP contribution is 2.23. The first-order valence-corrected chi connectivity index (χ1v) is 7.04. The lowest BCUT2D eigenvalue weighted by Gasteiger charge is -2.19. The molecule has 0 saturated heterocycles. The minimum absolute atomic E-state index is 0.0760. The van der Waals surface area contributed by atoms with Crippen molar-refractivity contribution in [3.8, 4) is 17.2 Å². The van der Waals surface area contributed by atoms with E-state index in [9.17, 15) is 4.79 Å². The van der Waals surface area contributed by atoms with Crippen molar-refractivity contribution in [3.05, 3.63) is 41.7 Å². The molecular weight excluding hydrogens is 278 g/mol. The number of aromatic nitrogens is 2. The maximum atomic E-state index is 11.8. The van der Waals surface area contributed by atoms with Crippen molar-refractivity contribution >= 4 is 5.97 Å². The average molecular weight is 297 g/mol. The van der Waals surface area contributed by atoms with E-state index >= 15 is 0 Å². The molecule has 0 atom stereocenters. The van der Waals surface area contributed by atoms with Crippen LogP contribution in [0.2, 0.25) is 0 Å². The molecule has 2 rings (SSSR count).